The highest BCUT2D eigenvalue weighted by atomic mass is 35.5. The molecule has 0 bridgehead atoms. The number of halogens is 1. The Kier molecular flexibility index (Phi) is 5.29. The molecule has 0 saturated heterocycles. The number of nitro benzene ring substituents is 1. The van der Waals surface area contributed by atoms with E-state index in [1.165, 1.54) is 34.9 Å². The molecule has 0 N–H and O–H groups in total. The van der Waals surface area contributed by atoms with Gasteiger partial charge in [0.2, 0.25) is 0 Å². The molecule has 134 valence electrons. The first-order valence-corrected chi connectivity index (χ1v) is 9.29. The predicted molar refractivity (Wildman–Crippen MR) is 105 cm³/mol. The quantitative estimate of drug-likeness (QED) is 0.563. The van der Waals surface area contributed by atoms with E-state index in [1.54, 1.807) is 31.2 Å². The number of amidine groups is 1. The van der Waals surface area contributed by atoms with E-state index in [9.17, 15) is 14.9 Å². The summed E-state index contributed by atoms with van der Waals surface area (Å²) in [7, 11) is 0. The zero-order chi connectivity index (χ0) is 18.8. The molecule has 0 aromatic heterocycles. The van der Waals surface area contributed by atoms with Crippen LogP contribution in [-0.2, 0) is 0 Å². The summed E-state index contributed by atoms with van der Waals surface area (Å²) < 4.78 is 0. The summed E-state index contributed by atoms with van der Waals surface area (Å²) in [6.45, 7) is 3.60. The maximum Gasteiger partial charge on any atom is 0.272 e. The van der Waals surface area contributed by atoms with Gasteiger partial charge in [0.05, 0.1) is 16.7 Å². The Hall–Kier alpha value is -2.38. The number of benzene rings is 2. The van der Waals surface area contributed by atoms with E-state index < -0.39 is 4.92 Å². The summed E-state index contributed by atoms with van der Waals surface area (Å²) in [5.74, 6) is 0.511. The fourth-order valence-electron chi connectivity index (χ4n) is 2.61. The van der Waals surface area contributed by atoms with Gasteiger partial charge in [0, 0.05) is 28.0 Å². The van der Waals surface area contributed by atoms with Crippen LogP contribution in [0.1, 0.15) is 22.8 Å². The molecule has 3 rings (SSSR count). The maximum atomic E-state index is 13.2. The summed E-state index contributed by atoms with van der Waals surface area (Å²) in [4.78, 5) is 29.8. The van der Waals surface area contributed by atoms with E-state index in [0.29, 0.717) is 27.0 Å². The van der Waals surface area contributed by atoms with Crippen LogP contribution in [0.3, 0.4) is 0 Å². The first-order valence-electron chi connectivity index (χ1n) is 7.92. The van der Waals surface area contributed by atoms with E-state index in [2.05, 4.69) is 4.99 Å². The van der Waals surface area contributed by atoms with Crippen molar-refractivity contribution < 1.29 is 9.72 Å². The Morgan fingerprint density at radius 2 is 2.00 bits per heavy atom. The van der Waals surface area contributed by atoms with Gasteiger partial charge in [-0.15, -0.1) is 0 Å². The lowest BCUT2D eigenvalue weighted by atomic mass is 10.1. The van der Waals surface area contributed by atoms with Crippen LogP contribution >= 0.6 is 23.4 Å². The highest BCUT2D eigenvalue weighted by Crippen LogP contribution is 2.29. The molecule has 1 heterocycles. The molecule has 0 saturated carbocycles. The van der Waals surface area contributed by atoms with Crippen molar-refractivity contribution in [3.63, 3.8) is 0 Å². The zero-order valence-corrected chi connectivity index (χ0v) is 15.8. The Bertz CT molecular complexity index is 899. The average Bonchev–Trinajstić information content (AvgIpc) is 3.02. The van der Waals surface area contributed by atoms with Crippen molar-refractivity contribution in [1.82, 2.24) is 0 Å². The van der Waals surface area contributed by atoms with Crippen molar-refractivity contribution in [2.75, 3.05) is 10.7 Å². The van der Waals surface area contributed by atoms with Crippen molar-refractivity contribution in [2.24, 2.45) is 4.99 Å². The van der Waals surface area contributed by atoms with Crippen molar-refractivity contribution in [3.05, 3.63) is 68.7 Å². The highest BCUT2D eigenvalue weighted by molar-refractivity contribution is 8.14. The van der Waals surface area contributed by atoms with Crippen LogP contribution < -0.4 is 4.90 Å². The molecule has 2 aromatic rings. The third-order valence-corrected chi connectivity index (χ3v) is 5.35. The standard InChI is InChI=1S/C18H16ClN3O3S/c1-11-9-13(3-8-16(11)22(24)25)17(23)21(18-20-12(2)10-26-18)15-6-4-14(19)5-7-15/h3-9,12H,10H2,1-2H3/t12-/m0/s1. The smallest absolute Gasteiger partial charge is 0.268 e. The molecular formula is C18H16ClN3O3S. The average molecular weight is 390 g/mol. The molecule has 1 aliphatic rings. The Balaban J connectivity index is 2.03. The molecule has 8 heteroatoms. The van der Waals surface area contributed by atoms with Crippen LogP contribution in [0.5, 0.6) is 0 Å². The molecule has 6 nitrogen and oxygen atoms in total. The molecular weight excluding hydrogens is 374 g/mol. The monoisotopic (exact) mass is 389 g/mol. The molecule has 1 aliphatic heterocycles. The van der Waals surface area contributed by atoms with Gasteiger partial charge >= 0.3 is 0 Å². The number of aliphatic imine (C=N–C) groups is 1. The highest BCUT2D eigenvalue weighted by Gasteiger charge is 2.28. The van der Waals surface area contributed by atoms with Gasteiger partial charge in [0.15, 0.2) is 5.17 Å². The minimum atomic E-state index is -0.459. The topological polar surface area (TPSA) is 75.8 Å². The lowest BCUT2D eigenvalue weighted by Gasteiger charge is -2.22. The van der Waals surface area contributed by atoms with Crippen LogP contribution in [0, 0.1) is 17.0 Å². The van der Waals surface area contributed by atoms with Gasteiger partial charge in [0.1, 0.15) is 0 Å². The number of amides is 1. The Labute approximate surface area is 160 Å². The van der Waals surface area contributed by atoms with E-state index >= 15 is 0 Å². The number of nitro groups is 1. The largest absolute Gasteiger partial charge is 0.272 e. The van der Waals surface area contributed by atoms with Gasteiger partial charge in [-0.05, 0) is 50.2 Å². The van der Waals surface area contributed by atoms with Crippen LogP contribution in [0.2, 0.25) is 5.02 Å². The molecule has 1 amide bonds. The van der Waals surface area contributed by atoms with Crippen LogP contribution in [0.15, 0.2) is 47.5 Å². The first-order chi connectivity index (χ1) is 12.4. The summed E-state index contributed by atoms with van der Waals surface area (Å²) in [5, 5.41) is 12.2. The fourth-order valence-corrected chi connectivity index (χ4v) is 3.77. The minimum Gasteiger partial charge on any atom is -0.268 e. The number of hydrogen-bond donors (Lipinski definition) is 0. The van der Waals surface area contributed by atoms with Gasteiger partial charge in [-0.3, -0.25) is 24.8 Å². The second-order valence-corrected chi connectivity index (χ2v) is 7.37. The summed E-state index contributed by atoms with van der Waals surface area (Å²) in [5.41, 5.74) is 1.44. The zero-order valence-electron chi connectivity index (χ0n) is 14.2. The van der Waals surface area contributed by atoms with Gasteiger partial charge in [0.25, 0.3) is 11.6 Å². The van der Waals surface area contributed by atoms with E-state index in [-0.39, 0.29) is 17.6 Å². The number of nitrogens with zero attached hydrogens (tertiary/aromatic N) is 3. The van der Waals surface area contributed by atoms with Crippen molar-refractivity contribution in [2.45, 2.75) is 19.9 Å². The lowest BCUT2D eigenvalue weighted by Crippen LogP contribution is -2.34. The lowest BCUT2D eigenvalue weighted by molar-refractivity contribution is -0.385. The van der Waals surface area contributed by atoms with E-state index in [1.807, 2.05) is 6.92 Å². The second-order valence-electron chi connectivity index (χ2n) is 5.95. The molecule has 26 heavy (non-hydrogen) atoms. The van der Waals surface area contributed by atoms with Crippen molar-refractivity contribution in [1.29, 1.82) is 0 Å². The molecule has 0 fully saturated rings. The summed E-state index contributed by atoms with van der Waals surface area (Å²) in [6, 6.07) is 11.4. The predicted octanol–water partition coefficient (Wildman–Crippen LogP) is 4.69. The minimum absolute atomic E-state index is 0.0132. The third-order valence-electron chi connectivity index (χ3n) is 3.90. The van der Waals surface area contributed by atoms with Gasteiger partial charge in [-0.25, -0.2) is 0 Å². The summed E-state index contributed by atoms with van der Waals surface area (Å²) >= 11 is 7.47. The Morgan fingerprint density at radius 1 is 1.31 bits per heavy atom. The van der Waals surface area contributed by atoms with Crippen molar-refractivity contribution >= 4 is 45.8 Å². The van der Waals surface area contributed by atoms with Crippen molar-refractivity contribution in [3.8, 4) is 0 Å². The summed E-state index contributed by atoms with van der Waals surface area (Å²) in [6.07, 6.45) is 0. The number of carbonyl (C=O) groups excluding carboxylic acids is 1. The fraction of sp³-hybridized carbons (Fsp3) is 0.222. The van der Waals surface area contributed by atoms with Crippen LogP contribution in [0.25, 0.3) is 0 Å². The van der Waals surface area contributed by atoms with Gasteiger partial charge < -0.3 is 0 Å². The maximum absolute atomic E-state index is 13.2. The number of rotatable bonds is 3. The SMILES string of the molecule is Cc1cc(C(=O)N(C2=N[C@@H](C)CS2)c2ccc(Cl)cc2)ccc1[N+](=O)[O-]. The molecule has 1 atom stereocenters. The number of carbonyl (C=O) groups is 1. The van der Waals surface area contributed by atoms with Gasteiger partial charge in [-0.2, -0.15) is 0 Å². The number of aryl methyl sites for hydroxylation is 1. The first kappa shape index (κ1) is 18.4. The number of anilines is 1. The van der Waals surface area contributed by atoms with Gasteiger partial charge in [-0.1, -0.05) is 23.4 Å². The molecule has 0 radical (unpaired) electrons. The molecule has 2 aromatic carbocycles. The van der Waals surface area contributed by atoms with E-state index in [0.717, 1.165) is 5.75 Å². The molecule has 0 unspecified atom stereocenters. The number of thioether (sulfide) groups is 1. The van der Waals surface area contributed by atoms with Crippen LogP contribution in [0.4, 0.5) is 11.4 Å². The number of hydrogen-bond acceptors (Lipinski definition) is 5. The van der Waals surface area contributed by atoms with Crippen LogP contribution in [-0.4, -0.2) is 27.8 Å². The third kappa shape index (κ3) is 3.73. The Morgan fingerprint density at radius 3 is 2.54 bits per heavy atom. The normalized spacial score (nSPS) is 16.3. The molecule has 0 aliphatic carbocycles. The molecule has 0 spiro atoms. The van der Waals surface area contributed by atoms with E-state index in [4.69, 9.17) is 11.6 Å². The second kappa shape index (κ2) is 7.47.